The lowest BCUT2D eigenvalue weighted by Gasteiger charge is -2.05. The van der Waals surface area contributed by atoms with Gasteiger partial charge in [0.1, 0.15) is 6.61 Å². The number of benzene rings is 1. The predicted octanol–water partition coefficient (Wildman–Crippen LogP) is 2.61. The number of aryl methyl sites for hydroxylation is 1. The number of hydrogen-bond acceptors (Lipinski definition) is 5. The molecule has 0 bridgehead atoms. The van der Waals surface area contributed by atoms with Gasteiger partial charge in [-0.2, -0.15) is 0 Å². The molecule has 0 aliphatic carbocycles. The quantitative estimate of drug-likeness (QED) is 0.909. The summed E-state index contributed by atoms with van der Waals surface area (Å²) < 4.78 is 18.7. The molecule has 6 heteroatoms. The van der Waals surface area contributed by atoms with Gasteiger partial charge in [-0.15, -0.1) is 10.2 Å². The molecule has 1 aromatic heterocycles. The van der Waals surface area contributed by atoms with Gasteiger partial charge in [-0.25, -0.2) is 4.39 Å². The minimum atomic E-state index is -0.367. The van der Waals surface area contributed by atoms with Crippen LogP contribution in [0.2, 0.25) is 0 Å². The Hall–Kier alpha value is -1.69. The molecular weight excluding hydrogens is 241 g/mol. The lowest BCUT2D eigenvalue weighted by molar-refractivity contribution is 0.288. The number of nitrogens with one attached hydrogen (secondary N) is 1. The van der Waals surface area contributed by atoms with Crippen LogP contribution in [0.25, 0.3) is 0 Å². The summed E-state index contributed by atoms with van der Waals surface area (Å²) in [4.78, 5) is 0. The summed E-state index contributed by atoms with van der Waals surface area (Å²) in [6.07, 6.45) is 0. The maximum Gasteiger partial charge on any atom is 0.205 e. The number of rotatable bonds is 4. The molecule has 0 saturated heterocycles. The lowest BCUT2D eigenvalue weighted by Crippen LogP contribution is -1.97. The third-order valence-corrected chi connectivity index (χ3v) is 3.03. The van der Waals surface area contributed by atoms with E-state index < -0.39 is 0 Å². The minimum absolute atomic E-state index is 0.222. The zero-order valence-corrected chi connectivity index (χ0v) is 10.3. The zero-order chi connectivity index (χ0) is 12.3. The molecule has 2 rings (SSSR count). The van der Waals surface area contributed by atoms with E-state index in [-0.39, 0.29) is 18.2 Å². The van der Waals surface area contributed by atoms with Crippen molar-refractivity contribution in [2.24, 2.45) is 0 Å². The first-order valence-electron chi connectivity index (χ1n) is 5.08. The van der Waals surface area contributed by atoms with Gasteiger partial charge in [0.05, 0.1) is 0 Å². The van der Waals surface area contributed by atoms with E-state index in [1.165, 1.54) is 17.4 Å². The number of ether oxygens (including phenoxy) is 1. The molecule has 0 atom stereocenters. The molecule has 17 heavy (non-hydrogen) atoms. The first-order valence-corrected chi connectivity index (χ1v) is 5.90. The fraction of sp³-hybridized carbons (Fsp3) is 0.273. The van der Waals surface area contributed by atoms with Gasteiger partial charge in [-0.3, -0.25) is 0 Å². The summed E-state index contributed by atoms with van der Waals surface area (Å²) in [6.45, 7) is 2.11. The summed E-state index contributed by atoms with van der Waals surface area (Å²) in [7, 11) is 1.77. The second-order valence-electron chi connectivity index (χ2n) is 3.47. The molecule has 2 aromatic rings. The normalized spacial score (nSPS) is 10.3. The van der Waals surface area contributed by atoms with E-state index >= 15 is 0 Å². The van der Waals surface area contributed by atoms with Crippen molar-refractivity contribution in [1.29, 1.82) is 0 Å². The molecule has 1 N–H and O–H groups in total. The Morgan fingerprint density at radius 1 is 1.41 bits per heavy atom. The van der Waals surface area contributed by atoms with E-state index in [0.29, 0.717) is 10.1 Å². The van der Waals surface area contributed by atoms with Crippen molar-refractivity contribution < 1.29 is 9.13 Å². The Morgan fingerprint density at radius 3 is 2.94 bits per heavy atom. The molecule has 0 amide bonds. The van der Waals surface area contributed by atoms with Crippen molar-refractivity contribution in [3.8, 4) is 5.75 Å². The van der Waals surface area contributed by atoms with Gasteiger partial charge >= 0.3 is 0 Å². The molecule has 0 spiro atoms. The second-order valence-corrected chi connectivity index (χ2v) is 4.54. The molecule has 1 heterocycles. The molecule has 0 unspecified atom stereocenters. The molecule has 1 aromatic carbocycles. The van der Waals surface area contributed by atoms with E-state index in [1.807, 2.05) is 6.92 Å². The van der Waals surface area contributed by atoms with E-state index in [9.17, 15) is 4.39 Å². The van der Waals surface area contributed by atoms with Gasteiger partial charge in [0, 0.05) is 7.05 Å². The van der Waals surface area contributed by atoms with Crippen LogP contribution < -0.4 is 10.1 Å². The van der Waals surface area contributed by atoms with Crippen LogP contribution in [0.3, 0.4) is 0 Å². The Bertz CT molecular complexity index is 515. The van der Waals surface area contributed by atoms with Crippen molar-refractivity contribution in [2.75, 3.05) is 12.4 Å². The fourth-order valence-corrected chi connectivity index (χ4v) is 1.88. The molecule has 4 nitrogen and oxygen atoms in total. The smallest absolute Gasteiger partial charge is 0.205 e. The topological polar surface area (TPSA) is 47.0 Å². The average molecular weight is 253 g/mol. The Labute approximate surface area is 102 Å². The van der Waals surface area contributed by atoms with Crippen molar-refractivity contribution in [3.05, 3.63) is 34.6 Å². The zero-order valence-electron chi connectivity index (χ0n) is 9.53. The predicted molar refractivity (Wildman–Crippen MR) is 64.9 cm³/mol. The second kappa shape index (κ2) is 5.09. The fourth-order valence-electron chi connectivity index (χ4n) is 1.27. The third-order valence-electron chi connectivity index (χ3n) is 2.12. The van der Waals surface area contributed by atoms with Gasteiger partial charge in [0.15, 0.2) is 16.6 Å². The third kappa shape index (κ3) is 2.91. The number of hydrogen-bond donors (Lipinski definition) is 1. The van der Waals surface area contributed by atoms with Crippen molar-refractivity contribution >= 4 is 16.5 Å². The number of nitrogens with zero attached hydrogens (tertiary/aromatic N) is 2. The standard InChI is InChI=1S/C11H12FN3OS/c1-7-3-4-8(12)9(5-7)16-6-10-14-15-11(13-2)17-10/h3-5H,6H2,1-2H3,(H,13,15). The van der Waals surface area contributed by atoms with Gasteiger partial charge in [0.25, 0.3) is 0 Å². The number of aromatic nitrogens is 2. The highest BCUT2D eigenvalue weighted by Crippen LogP contribution is 2.21. The molecule has 90 valence electrons. The maximum atomic E-state index is 13.4. The van der Waals surface area contributed by atoms with E-state index in [1.54, 1.807) is 19.2 Å². The van der Waals surface area contributed by atoms with E-state index in [4.69, 9.17) is 4.74 Å². The largest absolute Gasteiger partial charge is 0.483 e. The van der Waals surface area contributed by atoms with Crippen molar-refractivity contribution in [3.63, 3.8) is 0 Å². The van der Waals surface area contributed by atoms with Crippen LogP contribution in [0.15, 0.2) is 18.2 Å². The average Bonchev–Trinajstić information content (AvgIpc) is 2.78. The highest BCUT2D eigenvalue weighted by molar-refractivity contribution is 7.15. The van der Waals surface area contributed by atoms with Crippen molar-refractivity contribution in [1.82, 2.24) is 10.2 Å². The van der Waals surface area contributed by atoms with Crippen LogP contribution >= 0.6 is 11.3 Å². The first-order chi connectivity index (χ1) is 8.19. The highest BCUT2D eigenvalue weighted by atomic mass is 32.1. The highest BCUT2D eigenvalue weighted by Gasteiger charge is 2.07. The molecule has 0 aliphatic heterocycles. The van der Waals surface area contributed by atoms with Crippen LogP contribution in [-0.4, -0.2) is 17.2 Å². The summed E-state index contributed by atoms with van der Waals surface area (Å²) in [5.41, 5.74) is 0.953. The molecule has 0 radical (unpaired) electrons. The van der Waals surface area contributed by atoms with Gasteiger partial charge in [-0.05, 0) is 24.6 Å². The monoisotopic (exact) mass is 253 g/mol. The van der Waals surface area contributed by atoms with Crippen LogP contribution in [0.5, 0.6) is 5.75 Å². The van der Waals surface area contributed by atoms with Gasteiger partial charge in [0.2, 0.25) is 5.13 Å². The van der Waals surface area contributed by atoms with Gasteiger partial charge in [-0.1, -0.05) is 17.4 Å². The summed E-state index contributed by atoms with van der Waals surface area (Å²) in [6, 6.07) is 4.76. The molecular formula is C11H12FN3OS. The SMILES string of the molecule is CNc1nnc(COc2cc(C)ccc2F)s1. The number of halogens is 1. The van der Waals surface area contributed by atoms with E-state index in [2.05, 4.69) is 15.5 Å². The Kier molecular flexibility index (Phi) is 3.53. The molecule has 0 saturated carbocycles. The van der Waals surface area contributed by atoms with Crippen LogP contribution in [0.1, 0.15) is 10.6 Å². The molecule has 0 fully saturated rings. The summed E-state index contributed by atoms with van der Waals surface area (Å²) in [5.74, 6) is -0.125. The summed E-state index contributed by atoms with van der Waals surface area (Å²) in [5, 5.41) is 12.1. The Morgan fingerprint density at radius 2 is 2.24 bits per heavy atom. The van der Waals surface area contributed by atoms with E-state index in [0.717, 1.165) is 5.56 Å². The van der Waals surface area contributed by atoms with Gasteiger partial charge < -0.3 is 10.1 Å². The van der Waals surface area contributed by atoms with Crippen LogP contribution in [-0.2, 0) is 6.61 Å². The first kappa shape index (κ1) is 11.8. The lowest BCUT2D eigenvalue weighted by atomic mass is 10.2. The molecule has 0 aliphatic rings. The van der Waals surface area contributed by atoms with Crippen LogP contribution in [0, 0.1) is 12.7 Å². The Balaban J connectivity index is 2.04. The summed E-state index contributed by atoms with van der Waals surface area (Å²) >= 11 is 1.38. The minimum Gasteiger partial charge on any atom is -0.483 e. The number of anilines is 1. The maximum absolute atomic E-state index is 13.4. The van der Waals surface area contributed by atoms with Crippen molar-refractivity contribution in [2.45, 2.75) is 13.5 Å². The van der Waals surface area contributed by atoms with Crippen LogP contribution in [0.4, 0.5) is 9.52 Å².